The monoisotopic (exact) mass is 281 g/mol. The molecule has 1 aliphatic rings. The Morgan fingerprint density at radius 2 is 2.00 bits per heavy atom. The summed E-state index contributed by atoms with van der Waals surface area (Å²) in [5, 5.41) is 9.06. The predicted octanol–water partition coefficient (Wildman–Crippen LogP) is -1.22. The van der Waals surface area contributed by atoms with Gasteiger partial charge in [0, 0.05) is 39.0 Å². The molecule has 0 unspecified atom stereocenters. The third-order valence-electron chi connectivity index (χ3n) is 3.79. The first-order valence-corrected chi connectivity index (χ1v) is 6.68. The van der Waals surface area contributed by atoms with E-state index in [4.69, 9.17) is 5.11 Å². The minimum absolute atomic E-state index is 0.0588. The fourth-order valence-corrected chi connectivity index (χ4v) is 2.35. The van der Waals surface area contributed by atoms with E-state index in [-0.39, 0.29) is 30.5 Å². The Kier molecular flexibility index (Phi) is 4.39. The Labute approximate surface area is 116 Å². The van der Waals surface area contributed by atoms with Crippen LogP contribution in [0.3, 0.4) is 0 Å². The van der Waals surface area contributed by atoms with Crippen molar-refractivity contribution in [3.63, 3.8) is 0 Å². The Balaban J connectivity index is 2.04. The summed E-state index contributed by atoms with van der Waals surface area (Å²) in [4.78, 5) is 36.9. The maximum absolute atomic E-state index is 12.1. The fraction of sp³-hybridized carbons (Fsp3) is 0.615. The predicted molar refractivity (Wildman–Crippen MR) is 72.3 cm³/mol. The summed E-state index contributed by atoms with van der Waals surface area (Å²) < 4.78 is 2.22. The van der Waals surface area contributed by atoms with Gasteiger partial charge in [0.1, 0.15) is 6.54 Å². The third kappa shape index (κ3) is 2.98. The first-order valence-electron chi connectivity index (χ1n) is 6.68. The number of aliphatic hydroxyl groups is 1. The van der Waals surface area contributed by atoms with Gasteiger partial charge < -0.3 is 10.0 Å². The summed E-state index contributed by atoms with van der Waals surface area (Å²) in [6, 6.07) is 1.27. The van der Waals surface area contributed by atoms with E-state index in [1.54, 1.807) is 4.90 Å². The average Bonchev–Trinajstić information content (AvgIpc) is 2.48. The van der Waals surface area contributed by atoms with Gasteiger partial charge in [0.2, 0.25) is 5.91 Å². The molecule has 0 spiro atoms. The molecule has 0 radical (unpaired) electrons. The van der Waals surface area contributed by atoms with E-state index in [0.29, 0.717) is 13.1 Å². The molecule has 1 saturated heterocycles. The first-order chi connectivity index (χ1) is 9.52. The summed E-state index contributed by atoms with van der Waals surface area (Å²) in [6.07, 6.45) is 2.91. The molecule has 1 aromatic rings. The Bertz CT molecular complexity index is 596. The second-order valence-electron chi connectivity index (χ2n) is 5.13. The Morgan fingerprint density at radius 3 is 2.60 bits per heavy atom. The number of aliphatic hydroxyl groups excluding tert-OH is 1. The second kappa shape index (κ2) is 6.04. The van der Waals surface area contributed by atoms with Gasteiger partial charge in [0.25, 0.3) is 5.56 Å². The van der Waals surface area contributed by atoms with Gasteiger partial charge in [0.05, 0.1) is 0 Å². The van der Waals surface area contributed by atoms with Crippen LogP contribution in [0.5, 0.6) is 0 Å². The number of carbonyl (C=O) groups is 1. The van der Waals surface area contributed by atoms with E-state index in [1.165, 1.54) is 23.9 Å². The van der Waals surface area contributed by atoms with Crippen LogP contribution in [-0.2, 0) is 18.4 Å². The zero-order chi connectivity index (χ0) is 14.7. The van der Waals surface area contributed by atoms with E-state index in [9.17, 15) is 14.4 Å². The van der Waals surface area contributed by atoms with Crippen LogP contribution in [0.2, 0.25) is 0 Å². The van der Waals surface area contributed by atoms with Gasteiger partial charge in [-0.2, -0.15) is 0 Å². The van der Waals surface area contributed by atoms with Crippen molar-refractivity contribution < 1.29 is 9.90 Å². The molecule has 20 heavy (non-hydrogen) atoms. The van der Waals surface area contributed by atoms with Crippen molar-refractivity contribution in [3.8, 4) is 0 Å². The van der Waals surface area contributed by atoms with Crippen molar-refractivity contribution in [3.05, 3.63) is 33.1 Å². The zero-order valence-electron chi connectivity index (χ0n) is 11.5. The molecule has 1 aromatic heterocycles. The molecule has 1 N–H and O–H groups in total. The molecule has 2 rings (SSSR count). The smallest absolute Gasteiger partial charge is 0.331 e. The van der Waals surface area contributed by atoms with Crippen molar-refractivity contribution >= 4 is 5.91 Å². The SMILES string of the molecule is Cn1c(=O)ccn(CC(=O)N2CCC(CO)CC2)c1=O. The van der Waals surface area contributed by atoms with Gasteiger partial charge in [-0.3, -0.25) is 18.7 Å². The minimum atomic E-state index is -0.490. The topological polar surface area (TPSA) is 84.5 Å². The van der Waals surface area contributed by atoms with Crippen LogP contribution < -0.4 is 11.2 Å². The van der Waals surface area contributed by atoms with E-state index in [0.717, 1.165) is 17.4 Å². The lowest BCUT2D eigenvalue weighted by Gasteiger charge is -2.31. The van der Waals surface area contributed by atoms with Crippen LogP contribution in [0.15, 0.2) is 21.9 Å². The number of rotatable bonds is 3. The number of hydrogen-bond donors (Lipinski definition) is 1. The summed E-state index contributed by atoms with van der Waals surface area (Å²) >= 11 is 0. The highest BCUT2D eigenvalue weighted by molar-refractivity contribution is 5.76. The summed E-state index contributed by atoms with van der Waals surface area (Å²) in [5.41, 5.74) is -0.876. The highest BCUT2D eigenvalue weighted by Gasteiger charge is 2.22. The lowest BCUT2D eigenvalue weighted by Crippen LogP contribution is -2.44. The molecule has 110 valence electrons. The van der Waals surface area contributed by atoms with Crippen LogP contribution in [0.4, 0.5) is 0 Å². The summed E-state index contributed by atoms with van der Waals surface area (Å²) in [5.74, 6) is 0.126. The number of nitrogens with zero attached hydrogens (tertiary/aromatic N) is 3. The van der Waals surface area contributed by atoms with Crippen molar-refractivity contribution in [2.24, 2.45) is 13.0 Å². The van der Waals surface area contributed by atoms with Crippen molar-refractivity contribution in [2.75, 3.05) is 19.7 Å². The second-order valence-corrected chi connectivity index (χ2v) is 5.13. The highest BCUT2D eigenvalue weighted by Crippen LogP contribution is 2.16. The van der Waals surface area contributed by atoms with E-state index in [1.807, 2.05) is 0 Å². The van der Waals surface area contributed by atoms with Crippen molar-refractivity contribution in [1.29, 1.82) is 0 Å². The minimum Gasteiger partial charge on any atom is -0.396 e. The van der Waals surface area contributed by atoms with Gasteiger partial charge in [-0.15, -0.1) is 0 Å². The van der Waals surface area contributed by atoms with Crippen LogP contribution in [0.25, 0.3) is 0 Å². The van der Waals surface area contributed by atoms with Gasteiger partial charge in [-0.25, -0.2) is 4.79 Å². The maximum atomic E-state index is 12.1. The number of carbonyl (C=O) groups excluding carboxylic acids is 1. The molecule has 0 bridgehead atoms. The zero-order valence-corrected chi connectivity index (χ0v) is 11.5. The van der Waals surface area contributed by atoms with Crippen molar-refractivity contribution in [2.45, 2.75) is 19.4 Å². The molecule has 1 amide bonds. The molecule has 1 aliphatic heterocycles. The van der Waals surface area contributed by atoms with Crippen LogP contribution >= 0.6 is 0 Å². The van der Waals surface area contributed by atoms with Crippen LogP contribution in [0, 0.1) is 5.92 Å². The molecular formula is C13H19N3O4. The van der Waals surface area contributed by atoms with Gasteiger partial charge in [0.15, 0.2) is 0 Å². The van der Waals surface area contributed by atoms with E-state index in [2.05, 4.69) is 0 Å². The largest absolute Gasteiger partial charge is 0.396 e. The molecule has 0 aromatic carbocycles. The quantitative estimate of drug-likeness (QED) is 0.752. The van der Waals surface area contributed by atoms with Crippen molar-refractivity contribution in [1.82, 2.24) is 14.0 Å². The molecule has 0 atom stereocenters. The molecule has 0 saturated carbocycles. The maximum Gasteiger partial charge on any atom is 0.331 e. The number of piperidine rings is 1. The number of likely N-dealkylation sites (tertiary alicyclic amines) is 1. The van der Waals surface area contributed by atoms with Gasteiger partial charge in [-0.1, -0.05) is 0 Å². The standard InChI is InChI=1S/C13H19N3O4/c1-14-11(18)4-7-16(13(14)20)8-12(19)15-5-2-10(9-17)3-6-15/h4,7,10,17H,2-3,5-6,8-9H2,1H3. The molecule has 2 heterocycles. The van der Waals surface area contributed by atoms with Crippen LogP contribution in [-0.4, -0.2) is 44.7 Å². The molecule has 1 fully saturated rings. The highest BCUT2D eigenvalue weighted by atomic mass is 16.3. The van der Waals surface area contributed by atoms with E-state index < -0.39 is 5.69 Å². The van der Waals surface area contributed by atoms with E-state index >= 15 is 0 Å². The molecule has 7 nitrogen and oxygen atoms in total. The van der Waals surface area contributed by atoms with Gasteiger partial charge >= 0.3 is 5.69 Å². The third-order valence-corrected chi connectivity index (χ3v) is 3.79. The molecule has 7 heteroatoms. The average molecular weight is 281 g/mol. The first kappa shape index (κ1) is 14.5. The Hall–Kier alpha value is -1.89. The molecule has 0 aliphatic carbocycles. The number of amides is 1. The summed E-state index contributed by atoms with van der Waals surface area (Å²) in [7, 11) is 1.39. The van der Waals surface area contributed by atoms with Gasteiger partial charge in [-0.05, 0) is 18.8 Å². The molecular weight excluding hydrogens is 262 g/mol. The number of aromatic nitrogens is 2. The lowest BCUT2D eigenvalue weighted by atomic mass is 9.98. The normalized spacial score (nSPS) is 16.4. The number of hydrogen-bond acceptors (Lipinski definition) is 4. The lowest BCUT2D eigenvalue weighted by molar-refractivity contribution is -0.133. The fourth-order valence-electron chi connectivity index (χ4n) is 2.35. The van der Waals surface area contributed by atoms with Crippen LogP contribution in [0.1, 0.15) is 12.8 Å². The summed E-state index contributed by atoms with van der Waals surface area (Å²) in [6.45, 7) is 1.30. The Morgan fingerprint density at radius 1 is 1.35 bits per heavy atom.